The summed E-state index contributed by atoms with van der Waals surface area (Å²) in [5, 5.41) is 22.8. The maximum Gasteiger partial charge on any atom is 0.287 e. The van der Waals surface area contributed by atoms with Crippen LogP contribution in [0.2, 0.25) is 0 Å². The molecule has 8 heteroatoms. The SMILES string of the molecule is CCC(=O)C(=O)NCCC#Cc1ccccc1C#CCCCCCCCO.CCC(=O)C(=O)NCCCCc1ccccc1CCCCCCCCCO. The number of aliphatic hydroxyl groups is 2. The van der Waals surface area contributed by atoms with Gasteiger partial charge in [0.25, 0.3) is 11.8 Å². The molecule has 0 aliphatic rings. The van der Waals surface area contributed by atoms with Crippen LogP contribution in [0.3, 0.4) is 0 Å². The Morgan fingerprint density at radius 2 is 0.907 bits per heavy atom. The molecule has 0 bridgehead atoms. The summed E-state index contributed by atoms with van der Waals surface area (Å²) in [6.07, 6.45) is 19.6. The number of aliphatic hydroxyl groups excluding tert-OH is 2. The Labute approximate surface area is 325 Å². The summed E-state index contributed by atoms with van der Waals surface area (Å²) in [7, 11) is 0. The number of ketones is 2. The summed E-state index contributed by atoms with van der Waals surface area (Å²) in [6.45, 7) is 4.90. The van der Waals surface area contributed by atoms with Gasteiger partial charge in [0.2, 0.25) is 11.6 Å². The molecule has 4 N–H and O–H groups in total. The van der Waals surface area contributed by atoms with Gasteiger partial charge < -0.3 is 20.8 Å². The van der Waals surface area contributed by atoms with E-state index >= 15 is 0 Å². The van der Waals surface area contributed by atoms with Gasteiger partial charge in [-0.3, -0.25) is 19.2 Å². The van der Waals surface area contributed by atoms with E-state index in [1.54, 1.807) is 13.8 Å². The van der Waals surface area contributed by atoms with Gasteiger partial charge in [-0.25, -0.2) is 0 Å². The van der Waals surface area contributed by atoms with Crippen molar-refractivity contribution in [2.45, 2.75) is 142 Å². The summed E-state index contributed by atoms with van der Waals surface area (Å²) in [4.78, 5) is 45.2. The molecule has 0 unspecified atom stereocenters. The van der Waals surface area contributed by atoms with Crippen molar-refractivity contribution in [3.8, 4) is 23.7 Å². The van der Waals surface area contributed by atoms with E-state index in [4.69, 9.17) is 10.2 Å². The molecule has 296 valence electrons. The van der Waals surface area contributed by atoms with E-state index in [1.165, 1.54) is 43.2 Å². The first kappa shape index (κ1) is 47.8. The van der Waals surface area contributed by atoms with Crippen molar-refractivity contribution in [1.29, 1.82) is 0 Å². The molecular formula is C46H66N2O6. The van der Waals surface area contributed by atoms with Crippen LogP contribution in [0, 0.1) is 23.7 Å². The van der Waals surface area contributed by atoms with Crippen LogP contribution in [-0.4, -0.2) is 59.9 Å². The predicted molar refractivity (Wildman–Crippen MR) is 219 cm³/mol. The molecule has 2 rings (SSSR count). The van der Waals surface area contributed by atoms with Crippen molar-refractivity contribution in [1.82, 2.24) is 10.6 Å². The first-order valence-electron chi connectivity index (χ1n) is 20.3. The Hall–Kier alpha value is -4.24. The van der Waals surface area contributed by atoms with E-state index in [-0.39, 0.29) is 25.2 Å². The number of carbonyl (C=O) groups is 4. The van der Waals surface area contributed by atoms with Crippen LogP contribution >= 0.6 is 0 Å². The highest BCUT2D eigenvalue weighted by Crippen LogP contribution is 2.16. The number of nitrogens with one attached hydrogen (secondary N) is 2. The maximum absolute atomic E-state index is 11.4. The molecule has 2 aromatic carbocycles. The van der Waals surface area contributed by atoms with Crippen molar-refractivity contribution in [2.24, 2.45) is 0 Å². The second kappa shape index (κ2) is 33.3. The molecule has 54 heavy (non-hydrogen) atoms. The van der Waals surface area contributed by atoms with Gasteiger partial charge in [0.05, 0.1) is 0 Å². The highest BCUT2D eigenvalue weighted by molar-refractivity contribution is 6.36. The van der Waals surface area contributed by atoms with Crippen molar-refractivity contribution >= 4 is 23.4 Å². The first-order valence-corrected chi connectivity index (χ1v) is 20.3. The average Bonchev–Trinajstić information content (AvgIpc) is 3.19. The Balaban J connectivity index is 0.000000540. The number of hydrogen-bond acceptors (Lipinski definition) is 6. The van der Waals surface area contributed by atoms with Crippen LogP contribution in [0.4, 0.5) is 0 Å². The van der Waals surface area contributed by atoms with E-state index in [1.807, 2.05) is 24.3 Å². The van der Waals surface area contributed by atoms with Gasteiger partial charge in [0.15, 0.2) is 0 Å². The van der Waals surface area contributed by atoms with Crippen LogP contribution in [-0.2, 0) is 32.0 Å². The third kappa shape index (κ3) is 24.1. The Morgan fingerprint density at radius 1 is 0.500 bits per heavy atom. The zero-order valence-corrected chi connectivity index (χ0v) is 33.1. The predicted octanol–water partition coefficient (Wildman–Crippen LogP) is 7.58. The molecule has 0 atom stereocenters. The average molecular weight is 743 g/mol. The molecule has 0 radical (unpaired) electrons. The van der Waals surface area contributed by atoms with Gasteiger partial charge in [0.1, 0.15) is 0 Å². The lowest BCUT2D eigenvalue weighted by atomic mass is 9.97. The topological polar surface area (TPSA) is 133 Å². The third-order valence-electron chi connectivity index (χ3n) is 8.90. The Morgan fingerprint density at radius 3 is 1.41 bits per heavy atom. The van der Waals surface area contributed by atoms with Gasteiger partial charge in [0, 0.05) is 63.1 Å². The number of hydrogen-bond donors (Lipinski definition) is 4. The second-order valence-corrected chi connectivity index (χ2v) is 13.4. The minimum Gasteiger partial charge on any atom is -0.396 e. The first-order chi connectivity index (χ1) is 26.4. The quantitative estimate of drug-likeness (QED) is 0.0447. The molecular weight excluding hydrogens is 677 g/mol. The van der Waals surface area contributed by atoms with Crippen molar-refractivity contribution in [2.75, 3.05) is 26.3 Å². The highest BCUT2D eigenvalue weighted by atomic mass is 16.3. The Bertz CT molecular complexity index is 1480. The van der Waals surface area contributed by atoms with Crippen molar-refractivity contribution in [3.63, 3.8) is 0 Å². The maximum atomic E-state index is 11.4. The largest absolute Gasteiger partial charge is 0.396 e. The summed E-state index contributed by atoms with van der Waals surface area (Å²) in [6, 6.07) is 16.4. The summed E-state index contributed by atoms with van der Waals surface area (Å²) in [5.74, 6) is 10.8. The lowest BCUT2D eigenvalue weighted by Crippen LogP contribution is -2.31. The van der Waals surface area contributed by atoms with Gasteiger partial charge in [-0.05, 0) is 74.6 Å². The number of unbranched alkanes of at least 4 members (excludes halogenated alkanes) is 12. The number of aryl methyl sites for hydroxylation is 2. The molecule has 0 fully saturated rings. The third-order valence-corrected chi connectivity index (χ3v) is 8.90. The molecule has 0 spiro atoms. The number of carbonyl (C=O) groups excluding carboxylic acids is 4. The molecule has 2 aromatic rings. The van der Waals surface area contributed by atoms with Gasteiger partial charge in [-0.1, -0.05) is 125 Å². The fraction of sp³-hybridized carbons (Fsp3) is 0.565. The van der Waals surface area contributed by atoms with E-state index in [0.29, 0.717) is 26.1 Å². The lowest BCUT2D eigenvalue weighted by Gasteiger charge is -2.10. The molecule has 0 saturated carbocycles. The number of amides is 2. The zero-order chi connectivity index (χ0) is 39.5. The van der Waals surface area contributed by atoms with Crippen LogP contribution < -0.4 is 10.6 Å². The Kier molecular flexibility index (Phi) is 29.5. The second-order valence-electron chi connectivity index (χ2n) is 13.4. The van der Waals surface area contributed by atoms with E-state index in [0.717, 1.165) is 88.2 Å². The zero-order valence-electron chi connectivity index (χ0n) is 33.1. The molecule has 0 heterocycles. The fourth-order valence-corrected chi connectivity index (χ4v) is 5.63. The van der Waals surface area contributed by atoms with Crippen molar-refractivity contribution in [3.05, 3.63) is 70.8 Å². The molecule has 0 saturated heterocycles. The smallest absolute Gasteiger partial charge is 0.287 e. The molecule has 0 aliphatic heterocycles. The fourth-order valence-electron chi connectivity index (χ4n) is 5.63. The lowest BCUT2D eigenvalue weighted by molar-refractivity contribution is -0.137. The normalized spacial score (nSPS) is 10.1. The number of Topliss-reactive ketones (excluding diaryl/α,β-unsaturated/α-hetero) is 2. The molecule has 2 amide bonds. The minimum absolute atomic E-state index is 0.215. The van der Waals surface area contributed by atoms with Gasteiger partial charge >= 0.3 is 0 Å². The van der Waals surface area contributed by atoms with Crippen molar-refractivity contribution < 1.29 is 29.4 Å². The standard InChI is InChI=1S/C23H37NO3.C23H29NO3/c2*1-2-22(26)23(27)24-18-12-11-17-21-16-10-9-15-20(21)14-8-6-4-3-5-7-13-19-25/h9-10,15-16,25H,2-8,11-14,17-19H2,1H3,(H,24,27);9-10,15-16,25H,2-7,12-13,18-19H2,1H3,(H,24,27). The molecule has 0 aromatic heterocycles. The minimum atomic E-state index is -0.540. The highest BCUT2D eigenvalue weighted by Gasteiger charge is 2.10. The van der Waals surface area contributed by atoms with Crippen LogP contribution in [0.15, 0.2) is 48.5 Å². The van der Waals surface area contributed by atoms with Crippen LogP contribution in [0.1, 0.15) is 152 Å². The summed E-state index contributed by atoms with van der Waals surface area (Å²) >= 11 is 0. The molecule has 8 nitrogen and oxygen atoms in total. The summed E-state index contributed by atoms with van der Waals surface area (Å²) < 4.78 is 0. The van der Waals surface area contributed by atoms with Crippen LogP contribution in [0.5, 0.6) is 0 Å². The molecule has 0 aliphatic carbocycles. The monoisotopic (exact) mass is 742 g/mol. The van der Waals surface area contributed by atoms with Crippen LogP contribution in [0.25, 0.3) is 0 Å². The summed E-state index contributed by atoms with van der Waals surface area (Å²) in [5.41, 5.74) is 4.65. The van der Waals surface area contributed by atoms with E-state index in [2.05, 4.69) is 58.6 Å². The van der Waals surface area contributed by atoms with E-state index < -0.39 is 17.6 Å². The number of rotatable bonds is 26. The number of benzene rings is 2. The van der Waals surface area contributed by atoms with E-state index in [9.17, 15) is 19.2 Å². The van der Waals surface area contributed by atoms with Gasteiger partial charge in [-0.2, -0.15) is 0 Å². The van der Waals surface area contributed by atoms with Gasteiger partial charge in [-0.15, -0.1) is 0 Å².